The number of rotatable bonds is 4. The van der Waals surface area contributed by atoms with Gasteiger partial charge in [-0.2, -0.15) is 0 Å². The molecule has 1 aromatic rings. The van der Waals surface area contributed by atoms with Crippen molar-refractivity contribution < 1.29 is 13.2 Å². The van der Waals surface area contributed by atoms with Crippen molar-refractivity contribution in [1.29, 1.82) is 0 Å². The first-order valence-electron chi connectivity index (χ1n) is 7.32. The third-order valence-corrected chi connectivity index (χ3v) is 6.33. The van der Waals surface area contributed by atoms with Crippen molar-refractivity contribution >= 4 is 9.84 Å². The highest BCUT2D eigenvalue weighted by Gasteiger charge is 2.35. The van der Waals surface area contributed by atoms with Crippen LogP contribution in [0, 0.1) is 6.92 Å². The van der Waals surface area contributed by atoms with Gasteiger partial charge in [0.05, 0.1) is 17.1 Å². The topological polar surface area (TPSA) is 46.6 Å². The van der Waals surface area contributed by atoms with E-state index >= 15 is 0 Å². The molecule has 1 aliphatic heterocycles. The summed E-state index contributed by atoms with van der Waals surface area (Å²) in [4.78, 5) is 2.11. The van der Waals surface area contributed by atoms with E-state index in [0.29, 0.717) is 12.8 Å². The summed E-state index contributed by atoms with van der Waals surface area (Å²) in [7, 11) is 2.65. The summed E-state index contributed by atoms with van der Waals surface area (Å²) < 4.78 is 30.1. The minimum atomic E-state index is -3.06. The van der Waals surface area contributed by atoms with Crippen molar-refractivity contribution in [3.63, 3.8) is 0 Å². The second-order valence-corrected chi connectivity index (χ2v) is 8.46. The summed E-state index contributed by atoms with van der Waals surface area (Å²) in [6, 6.07) is 6.04. The number of methoxy groups -OCH3 is 1. The molecule has 5 heteroatoms. The van der Waals surface area contributed by atoms with Crippen LogP contribution in [0.1, 0.15) is 34.8 Å². The van der Waals surface area contributed by atoms with E-state index < -0.39 is 15.1 Å². The maximum absolute atomic E-state index is 12.4. The lowest BCUT2D eigenvalue weighted by Gasteiger charge is -2.29. The molecular formula is C16H25NO3S. The first-order chi connectivity index (χ1) is 9.83. The van der Waals surface area contributed by atoms with Gasteiger partial charge in [0.25, 0.3) is 0 Å². The van der Waals surface area contributed by atoms with Crippen LogP contribution in [0.5, 0.6) is 0 Å². The van der Waals surface area contributed by atoms with Crippen molar-refractivity contribution in [3.8, 4) is 0 Å². The van der Waals surface area contributed by atoms with Crippen LogP contribution >= 0.6 is 0 Å². The predicted octanol–water partition coefficient (Wildman–Crippen LogP) is 2.32. The fourth-order valence-corrected chi connectivity index (χ4v) is 4.88. The molecule has 4 nitrogen and oxygen atoms in total. The summed E-state index contributed by atoms with van der Waals surface area (Å²) >= 11 is 0. The van der Waals surface area contributed by atoms with Crippen LogP contribution in [0.2, 0.25) is 0 Å². The number of hydrogen-bond acceptors (Lipinski definition) is 4. The van der Waals surface area contributed by atoms with Gasteiger partial charge in [-0.15, -0.1) is 0 Å². The molecule has 0 bridgehead atoms. The van der Waals surface area contributed by atoms with Gasteiger partial charge in [-0.25, -0.2) is 8.42 Å². The van der Waals surface area contributed by atoms with Crippen LogP contribution in [0.4, 0.5) is 0 Å². The lowest BCUT2D eigenvalue weighted by Crippen LogP contribution is -2.31. The van der Waals surface area contributed by atoms with Crippen molar-refractivity contribution in [1.82, 2.24) is 4.90 Å². The Hall–Kier alpha value is -0.910. The molecule has 1 saturated heterocycles. The first kappa shape index (κ1) is 16.5. The molecule has 0 radical (unpaired) electrons. The average Bonchev–Trinajstić information content (AvgIpc) is 2.40. The zero-order valence-corrected chi connectivity index (χ0v) is 14.1. The zero-order chi connectivity index (χ0) is 15.6. The fraction of sp³-hybridized carbons (Fsp3) is 0.625. The fourth-order valence-electron chi connectivity index (χ4n) is 2.94. The summed E-state index contributed by atoms with van der Waals surface area (Å²) in [5, 5.41) is -0.427. The Morgan fingerprint density at radius 3 is 2.62 bits per heavy atom. The molecule has 0 saturated carbocycles. The Morgan fingerprint density at radius 2 is 2.05 bits per heavy atom. The molecule has 2 rings (SSSR count). The third kappa shape index (κ3) is 3.84. The van der Waals surface area contributed by atoms with Crippen LogP contribution in [0.15, 0.2) is 18.2 Å². The number of ether oxygens (including phenoxy) is 1. The van der Waals surface area contributed by atoms with Crippen LogP contribution in [-0.4, -0.2) is 46.4 Å². The van der Waals surface area contributed by atoms with E-state index in [2.05, 4.69) is 11.0 Å². The minimum Gasteiger partial charge on any atom is -0.381 e. The van der Waals surface area contributed by atoms with E-state index in [9.17, 15) is 8.42 Å². The zero-order valence-electron chi connectivity index (χ0n) is 13.3. The smallest absolute Gasteiger partial charge is 0.157 e. The van der Waals surface area contributed by atoms with Crippen LogP contribution in [0.25, 0.3) is 0 Å². The molecule has 21 heavy (non-hydrogen) atoms. The highest BCUT2D eigenvalue weighted by atomic mass is 32.2. The largest absolute Gasteiger partial charge is 0.381 e. The maximum atomic E-state index is 12.4. The Labute approximate surface area is 128 Å². The molecule has 1 heterocycles. The van der Waals surface area contributed by atoms with Crippen LogP contribution in [0.3, 0.4) is 0 Å². The van der Waals surface area contributed by atoms with E-state index in [4.69, 9.17) is 4.74 Å². The van der Waals surface area contributed by atoms with Gasteiger partial charge in [-0.3, -0.25) is 0 Å². The quantitative estimate of drug-likeness (QED) is 0.856. The highest BCUT2D eigenvalue weighted by Crippen LogP contribution is 2.35. The van der Waals surface area contributed by atoms with Crippen molar-refractivity contribution in [2.75, 3.05) is 27.0 Å². The lowest BCUT2D eigenvalue weighted by molar-refractivity contribution is 0.0877. The maximum Gasteiger partial charge on any atom is 0.157 e. The van der Waals surface area contributed by atoms with Gasteiger partial charge < -0.3 is 9.64 Å². The van der Waals surface area contributed by atoms with Gasteiger partial charge in [0.2, 0.25) is 0 Å². The monoisotopic (exact) mass is 311 g/mol. The second kappa shape index (κ2) is 6.46. The molecule has 2 unspecified atom stereocenters. The number of benzene rings is 1. The van der Waals surface area contributed by atoms with E-state index in [-0.39, 0.29) is 11.9 Å². The minimum absolute atomic E-state index is 0.0419. The standard InChI is InChI=1S/C16H25NO3S/c1-12-9-13(5-6-14(12)11-17(2)3)16-10-15(20-4)7-8-21(16,18)19/h5-6,9,15-16H,7-8,10-11H2,1-4H3. The Balaban J connectivity index is 2.29. The van der Waals surface area contributed by atoms with Gasteiger partial charge in [0.1, 0.15) is 0 Å². The molecule has 118 valence electrons. The molecule has 0 aliphatic carbocycles. The van der Waals surface area contributed by atoms with E-state index in [0.717, 1.165) is 17.7 Å². The molecule has 2 atom stereocenters. The Kier molecular flexibility index (Phi) is 5.07. The van der Waals surface area contributed by atoms with Gasteiger partial charge >= 0.3 is 0 Å². The molecule has 0 aromatic heterocycles. The van der Waals surface area contributed by atoms with Gasteiger partial charge in [-0.1, -0.05) is 18.2 Å². The van der Waals surface area contributed by atoms with Crippen molar-refractivity contribution in [2.24, 2.45) is 0 Å². The number of nitrogens with zero attached hydrogens (tertiary/aromatic N) is 1. The van der Waals surface area contributed by atoms with E-state index in [1.165, 1.54) is 5.56 Å². The normalized spacial score (nSPS) is 25.2. The second-order valence-electron chi connectivity index (χ2n) is 6.16. The third-order valence-electron chi connectivity index (χ3n) is 4.19. The molecule has 1 aromatic carbocycles. The van der Waals surface area contributed by atoms with Gasteiger partial charge in [-0.05, 0) is 50.6 Å². The van der Waals surface area contributed by atoms with Crippen molar-refractivity contribution in [2.45, 2.75) is 37.7 Å². The Bertz CT molecular complexity index is 596. The molecule has 1 fully saturated rings. The van der Waals surface area contributed by atoms with E-state index in [1.807, 2.05) is 33.2 Å². The number of sulfone groups is 1. The summed E-state index contributed by atoms with van der Waals surface area (Å²) in [6.45, 7) is 2.91. The van der Waals surface area contributed by atoms with Crippen LogP contribution in [-0.2, 0) is 21.1 Å². The molecule has 1 aliphatic rings. The van der Waals surface area contributed by atoms with E-state index in [1.54, 1.807) is 7.11 Å². The Morgan fingerprint density at radius 1 is 1.33 bits per heavy atom. The van der Waals surface area contributed by atoms with Crippen LogP contribution < -0.4 is 0 Å². The average molecular weight is 311 g/mol. The predicted molar refractivity (Wildman–Crippen MR) is 85.1 cm³/mol. The van der Waals surface area contributed by atoms with Gasteiger partial charge in [0, 0.05) is 13.7 Å². The molecule has 0 N–H and O–H groups in total. The summed E-state index contributed by atoms with van der Waals surface area (Å²) in [5.74, 6) is 0.217. The summed E-state index contributed by atoms with van der Waals surface area (Å²) in [5.41, 5.74) is 3.29. The first-order valence-corrected chi connectivity index (χ1v) is 9.03. The molecule has 0 spiro atoms. The van der Waals surface area contributed by atoms with Crippen molar-refractivity contribution in [3.05, 3.63) is 34.9 Å². The van der Waals surface area contributed by atoms with Gasteiger partial charge in [0.15, 0.2) is 9.84 Å². The highest BCUT2D eigenvalue weighted by molar-refractivity contribution is 7.91. The molecular weight excluding hydrogens is 286 g/mol. The number of hydrogen-bond donors (Lipinski definition) is 0. The summed E-state index contributed by atoms with van der Waals surface area (Å²) in [6.07, 6.45) is 1.21. The molecule has 0 amide bonds. The lowest BCUT2D eigenvalue weighted by atomic mass is 9.99. The SMILES string of the molecule is COC1CCS(=O)(=O)C(c2ccc(CN(C)C)c(C)c2)C1. The number of aryl methyl sites for hydroxylation is 1.